The molecule has 0 aromatic heterocycles. The molecule has 4 N–H and O–H groups in total. The van der Waals surface area contributed by atoms with E-state index in [1.54, 1.807) is 30.3 Å². The van der Waals surface area contributed by atoms with Gasteiger partial charge in [0, 0.05) is 24.2 Å². The minimum Gasteiger partial charge on any atom is -0.480 e. The molecule has 0 bridgehead atoms. The molecule has 10 nitrogen and oxygen atoms in total. The summed E-state index contributed by atoms with van der Waals surface area (Å²) in [6.45, 7) is 2.22. The van der Waals surface area contributed by atoms with E-state index in [0.717, 1.165) is 16.7 Å². The van der Waals surface area contributed by atoms with E-state index in [1.165, 1.54) is 29.2 Å². The van der Waals surface area contributed by atoms with E-state index in [0.29, 0.717) is 36.3 Å². The Morgan fingerprint density at radius 1 is 0.889 bits per heavy atom. The van der Waals surface area contributed by atoms with Gasteiger partial charge in [-0.15, -0.1) is 0 Å². The molecule has 45 heavy (non-hydrogen) atoms. The lowest BCUT2D eigenvalue weighted by Crippen LogP contribution is -2.52. The number of aliphatic carboxylic acids is 1. The van der Waals surface area contributed by atoms with Crippen LogP contribution in [0.15, 0.2) is 108 Å². The molecular formula is C34H34N4O6S. The summed E-state index contributed by atoms with van der Waals surface area (Å²) in [4.78, 5) is 40.3. The molecular weight excluding hydrogens is 592 g/mol. The molecule has 3 amide bonds. The molecule has 0 aliphatic carbocycles. The zero-order valence-corrected chi connectivity index (χ0v) is 25.5. The van der Waals surface area contributed by atoms with Crippen LogP contribution in [0.3, 0.4) is 0 Å². The number of anilines is 2. The highest BCUT2D eigenvalue weighted by Crippen LogP contribution is 2.29. The predicted molar refractivity (Wildman–Crippen MR) is 172 cm³/mol. The number of sulfonamides is 1. The Morgan fingerprint density at radius 3 is 2.24 bits per heavy atom. The summed E-state index contributed by atoms with van der Waals surface area (Å²) in [5, 5.41) is 15.4. The molecule has 1 unspecified atom stereocenters. The van der Waals surface area contributed by atoms with Crippen molar-refractivity contribution in [3.05, 3.63) is 114 Å². The maximum Gasteiger partial charge on any atom is 0.326 e. The number of amides is 3. The standard InChI is InChI=1S/C34H34N4O6S/c1-23-13-19-27(20-14-23)45(43,44)37-26-17-15-24(16-18-26)22-30(33(40)41)35-32(39)31-12-7-21-38(31)34(42)36-29-11-6-5-10-28(29)25-8-3-2-4-9-25/h2-6,8-11,13-20,30-31,37H,7,12,21-22H2,1H3,(H,35,39)(H,36,42)(H,40,41)/t30-,31?/m0/s1. The van der Waals surface area contributed by atoms with E-state index < -0.39 is 40.0 Å². The first-order valence-electron chi connectivity index (χ1n) is 14.5. The molecule has 11 heteroatoms. The van der Waals surface area contributed by atoms with Crippen LogP contribution in [0.2, 0.25) is 0 Å². The van der Waals surface area contributed by atoms with Crippen LogP contribution in [0.25, 0.3) is 11.1 Å². The Bertz CT molecular complexity index is 1780. The Labute approximate surface area is 262 Å². The third kappa shape index (κ3) is 7.68. The van der Waals surface area contributed by atoms with Gasteiger partial charge in [-0.25, -0.2) is 18.0 Å². The van der Waals surface area contributed by atoms with Crippen molar-refractivity contribution in [1.29, 1.82) is 0 Å². The Hall–Kier alpha value is -5.16. The highest BCUT2D eigenvalue weighted by atomic mass is 32.2. The third-order valence-corrected chi connectivity index (χ3v) is 9.06. The topological polar surface area (TPSA) is 145 Å². The number of para-hydroxylation sites is 1. The summed E-state index contributed by atoms with van der Waals surface area (Å²) >= 11 is 0. The monoisotopic (exact) mass is 626 g/mol. The lowest BCUT2D eigenvalue weighted by molar-refractivity contribution is -0.142. The molecule has 1 aliphatic rings. The minimum absolute atomic E-state index is 0.0323. The Balaban J connectivity index is 1.22. The van der Waals surface area contributed by atoms with Crippen molar-refractivity contribution in [2.45, 2.75) is 43.2 Å². The van der Waals surface area contributed by atoms with Crippen molar-refractivity contribution in [2.75, 3.05) is 16.6 Å². The van der Waals surface area contributed by atoms with Crippen LogP contribution in [-0.2, 0) is 26.0 Å². The van der Waals surface area contributed by atoms with Crippen molar-refractivity contribution >= 4 is 39.3 Å². The van der Waals surface area contributed by atoms with Gasteiger partial charge >= 0.3 is 12.0 Å². The van der Waals surface area contributed by atoms with E-state index in [4.69, 9.17) is 0 Å². The molecule has 5 rings (SSSR count). The average Bonchev–Trinajstić information content (AvgIpc) is 3.53. The third-order valence-electron chi connectivity index (χ3n) is 7.66. The van der Waals surface area contributed by atoms with Crippen LogP contribution in [0.1, 0.15) is 24.0 Å². The largest absolute Gasteiger partial charge is 0.480 e. The smallest absolute Gasteiger partial charge is 0.326 e. The number of carboxylic acids is 1. The molecule has 0 spiro atoms. The average molecular weight is 627 g/mol. The molecule has 1 fully saturated rings. The SMILES string of the molecule is Cc1ccc(S(=O)(=O)Nc2ccc(C[C@H](NC(=O)C3CCCN3C(=O)Nc3ccccc3-c3ccccc3)C(=O)O)cc2)cc1. The molecule has 0 radical (unpaired) electrons. The number of aryl methyl sites for hydroxylation is 1. The number of hydrogen-bond acceptors (Lipinski definition) is 5. The van der Waals surface area contributed by atoms with Crippen LogP contribution in [-0.4, -0.2) is 55.0 Å². The van der Waals surface area contributed by atoms with Gasteiger partial charge in [-0.3, -0.25) is 9.52 Å². The fraction of sp³-hybridized carbons (Fsp3) is 0.206. The van der Waals surface area contributed by atoms with Crippen LogP contribution < -0.4 is 15.4 Å². The van der Waals surface area contributed by atoms with Crippen LogP contribution in [0, 0.1) is 6.92 Å². The van der Waals surface area contributed by atoms with E-state index in [2.05, 4.69) is 15.4 Å². The van der Waals surface area contributed by atoms with Gasteiger partial charge in [-0.1, -0.05) is 78.4 Å². The van der Waals surface area contributed by atoms with Gasteiger partial charge in [0.25, 0.3) is 10.0 Å². The zero-order chi connectivity index (χ0) is 32.0. The number of likely N-dealkylation sites (tertiary alicyclic amines) is 1. The molecule has 0 saturated carbocycles. The fourth-order valence-corrected chi connectivity index (χ4v) is 6.33. The molecule has 4 aromatic carbocycles. The number of carboxylic acid groups (broad SMARTS) is 1. The van der Waals surface area contributed by atoms with E-state index in [1.807, 2.05) is 55.5 Å². The number of nitrogens with zero attached hydrogens (tertiary/aromatic N) is 1. The van der Waals surface area contributed by atoms with Gasteiger partial charge in [0.05, 0.1) is 10.6 Å². The lowest BCUT2D eigenvalue weighted by atomic mass is 10.0. The van der Waals surface area contributed by atoms with Gasteiger partial charge in [-0.05, 0) is 61.2 Å². The molecule has 1 heterocycles. The van der Waals surface area contributed by atoms with Gasteiger partial charge in [0.1, 0.15) is 12.1 Å². The highest BCUT2D eigenvalue weighted by molar-refractivity contribution is 7.92. The maximum atomic E-state index is 13.3. The summed E-state index contributed by atoms with van der Waals surface area (Å²) in [7, 11) is -3.79. The highest BCUT2D eigenvalue weighted by Gasteiger charge is 2.36. The van der Waals surface area contributed by atoms with Gasteiger partial charge < -0.3 is 20.6 Å². The van der Waals surface area contributed by atoms with Crippen molar-refractivity contribution in [3.63, 3.8) is 0 Å². The summed E-state index contributed by atoms with van der Waals surface area (Å²) < 4.78 is 27.9. The van der Waals surface area contributed by atoms with Crippen molar-refractivity contribution < 1.29 is 27.9 Å². The second-order valence-corrected chi connectivity index (χ2v) is 12.6. The van der Waals surface area contributed by atoms with Crippen molar-refractivity contribution in [3.8, 4) is 11.1 Å². The Morgan fingerprint density at radius 2 is 1.56 bits per heavy atom. The number of urea groups is 1. The quantitative estimate of drug-likeness (QED) is 0.189. The van der Waals surface area contributed by atoms with Gasteiger partial charge in [-0.2, -0.15) is 0 Å². The number of hydrogen-bond donors (Lipinski definition) is 4. The first-order valence-corrected chi connectivity index (χ1v) is 16.0. The molecule has 1 aliphatic heterocycles. The molecule has 4 aromatic rings. The first-order chi connectivity index (χ1) is 21.6. The van der Waals surface area contributed by atoms with Crippen molar-refractivity contribution in [2.24, 2.45) is 0 Å². The van der Waals surface area contributed by atoms with Gasteiger partial charge in [0.15, 0.2) is 0 Å². The second kappa shape index (κ2) is 13.6. The number of benzene rings is 4. The zero-order valence-electron chi connectivity index (χ0n) is 24.6. The van der Waals surface area contributed by atoms with Crippen LogP contribution >= 0.6 is 0 Å². The van der Waals surface area contributed by atoms with E-state index in [-0.39, 0.29) is 11.3 Å². The summed E-state index contributed by atoms with van der Waals surface area (Å²) in [6.07, 6.45) is 0.973. The molecule has 2 atom stereocenters. The normalized spacial score (nSPS) is 15.2. The van der Waals surface area contributed by atoms with Crippen LogP contribution in [0.4, 0.5) is 16.2 Å². The number of rotatable bonds is 10. The predicted octanol–water partition coefficient (Wildman–Crippen LogP) is 5.27. The Kier molecular flexibility index (Phi) is 9.48. The number of carbonyl (C=O) groups is 3. The van der Waals surface area contributed by atoms with Gasteiger partial charge in [0.2, 0.25) is 5.91 Å². The van der Waals surface area contributed by atoms with E-state index in [9.17, 15) is 27.9 Å². The molecule has 232 valence electrons. The van der Waals surface area contributed by atoms with Crippen molar-refractivity contribution in [1.82, 2.24) is 10.2 Å². The summed E-state index contributed by atoms with van der Waals surface area (Å²) in [5.74, 6) is -1.77. The fourth-order valence-electron chi connectivity index (χ4n) is 5.28. The number of nitrogens with one attached hydrogen (secondary N) is 3. The summed E-state index contributed by atoms with van der Waals surface area (Å²) in [6, 6.07) is 27.3. The molecule has 1 saturated heterocycles. The lowest BCUT2D eigenvalue weighted by Gasteiger charge is -2.26. The van der Waals surface area contributed by atoms with E-state index >= 15 is 0 Å². The first kappa shape index (κ1) is 31.3. The minimum atomic E-state index is -3.79. The number of carbonyl (C=O) groups excluding carboxylic acids is 2. The van der Waals surface area contributed by atoms with Crippen LogP contribution in [0.5, 0.6) is 0 Å². The maximum absolute atomic E-state index is 13.3. The second-order valence-electron chi connectivity index (χ2n) is 10.9. The summed E-state index contributed by atoms with van der Waals surface area (Å²) in [5.41, 5.74) is 4.22.